The first kappa shape index (κ1) is 22.1. The number of hydrogen-bond acceptors (Lipinski definition) is 6. The van der Waals surface area contributed by atoms with Gasteiger partial charge in [0.05, 0.1) is 17.7 Å². The van der Waals surface area contributed by atoms with E-state index in [1.807, 2.05) is 0 Å². The molecule has 3 rings (SSSR count). The minimum atomic E-state index is -0.968. The first-order valence-electron chi connectivity index (χ1n) is 10.7. The maximum Gasteiger partial charge on any atom is 0.338 e. The van der Waals surface area contributed by atoms with Crippen LogP contribution < -0.4 is 4.74 Å². The molecule has 0 spiro atoms. The summed E-state index contributed by atoms with van der Waals surface area (Å²) in [6.07, 6.45) is 5.42. The van der Waals surface area contributed by atoms with Gasteiger partial charge in [0, 0.05) is 13.7 Å². The van der Waals surface area contributed by atoms with E-state index in [0.717, 1.165) is 38.7 Å². The lowest BCUT2D eigenvalue weighted by molar-refractivity contribution is -0.143. The van der Waals surface area contributed by atoms with Gasteiger partial charge < -0.3 is 19.1 Å². The van der Waals surface area contributed by atoms with Crippen molar-refractivity contribution < 1.29 is 23.8 Å². The Bertz CT molecular complexity index is 774. The van der Waals surface area contributed by atoms with Crippen molar-refractivity contribution in [1.29, 1.82) is 5.26 Å². The average molecular weight is 415 g/mol. The molecule has 2 fully saturated rings. The van der Waals surface area contributed by atoms with Crippen molar-refractivity contribution in [3.05, 3.63) is 29.8 Å². The standard InChI is InChI=1S/C23H30N2O5/c1-17(21(26)25(2)23(16-24)12-4-3-5-13-23)30-22(27)18-8-10-19(11-9-18)29-15-20-7-6-14-28-20/h8-11,17,20H,3-7,12-15H2,1-2H3/t17-,20+/m0/s1. The van der Waals surface area contributed by atoms with Crippen molar-refractivity contribution in [1.82, 2.24) is 4.90 Å². The largest absolute Gasteiger partial charge is 0.491 e. The van der Waals surface area contributed by atoms with E-state index in [1.165, 1.54) is 4.90 Å². The third-order valence-corrected chi connectivity index (χ3v) is 6.04. The van der Waals surface area contributed by atoms with Crippen molar-refractivity contribution in [2.24, 2.45) is 0 Å². The van der Waals surface area contributed by atoms with E-state index in [0.29, 0.717) is 30.8 Å². The smallest absolute Gasteiger partial charge is 0.338 e. The molecule has 2 atom stereocenters. The molecule has 1 aromatic carbocycles. The second-order valence-electron chi connectivity index (χ2n) is 8.12. The van der Waals surface area contributed by atoms with Gasteiger partial charge in [-0.05, 0) is 56.9 Å². The highest BCUT2D eigenvalue weighted by atomic mass is 16.5. The van der Waals surface area contributed by atoms with Crippen LogP contribution in [0.3, 0.4) is 0 Å². The Morgan fingerprint density at radius 3 is 2.53 bits per heavy atom. The van der Waals surface area contributed by atoms with Gasteiger partial charge in [0.1, 0.15) is 17.9 Å². The second-order valence-corrected chi connectivity index (χ2v) is 8.12. The van der Waals surface area contributed by atoms with Crippen LogP contribution in [0.5, 0.6) is 5.75 Å². The number of carbonyl (C=O) groups is 2. The minimum absolute atomic E-state index is 0.124. The zero-order chi connectivity index (χ0) is 21.6. The van der Waals surface area contributed by atoms with Gasteiger partial charge in [0.15, 0.2) is 6.10 Å². The van der Waals surface area contributed by atoms with Crippen molar-refractivity contribution in [2.45, 2.75) is 69.6 Å². The summed E-state index contributed by atoms with van der Waals surface area (Å²) in [5.74, 6) is -0.285. The van der Waals surface area contributed by atoms with Gasteiger partial charge in [-0.15, -0.1) is 0 Å². The Labute approximate surface area is 177 Å². The first-order valence-corrected chi connectivity index (χ1v) is 10.7. The number of ether oxygens (including phenoxy) is 3. The van der Waals surface area contributed by atoms with Crippen LogP contribution in [0.4, 0.5) is 0 Å². The Kier molecular flexibility index (Phi) is 7.33. The fraction of sp³-hybridized carbons (Fsp3) is 0.609. The van der Waals surface area contributed by atoms with Crippen LogP contribution >= 0.6 is 0 Å². The number of benzene rings is 1. The number of nitrogens with zero attached hydrogens (tertiary/aromatic N) is 2. The van der Waals surface area contributed by atoms with Crippen molar-refractivity contribution in [2.75, 3.05) is 20.3 Å². The van der Waals surface area contributed by atoms with E-state index in [1.54, 1.807) is 38.2 Å². The van der Waals surface area contributed by atoms with Crippen LogP contribution in [0.15, 0.2) is 24.3 Å². The summed E-state index contributed by atoms with van der Waals surface area (Å²) in [6.45, 7) is 2.81. The van der Waals surface area contributed by atoms with E-state index in [9.17, 15) is 14.9 Å². The highest BCUT2D eigenvalue weighted by Crippen LogP contribution is 2.33. The third-order valence-electron chi connectivity index (χ3n) is 6.04. The monoisotopic (exact) mass is 414 g/mol. The Morgan fingerprint density at radius 1 is 1.23 bits per heavy atom. The van der Waals surface area contributed by atoms with Crippen LogP contribution in [0, 0.1) is 11.3 Å². The molecular weight excluding hydrogens is 384 g/mol. The van der Waals surface area contributed by atoms with Crippen molar-refractivity contribution in [3.63, 3.8) is 0 Å². The zero-order valence-corrected chi connectivity index (χ0v) is 17.8. The molecule has 30 heavy (non-hydrogen) atoms. The fourth-order valence-corrected chi connectivity index (χ4v) is 4.07. The van der Waals surface area contributed by atoms with E-state index in [4.69, 9.17) is 14.2 Å². The molecule has 7 heteroatoms. The van der Waals surface area contributed by atoms with Gasteiger partial charge in [0.2, 0.25) is 0 Å². The van der Waals surface area contributed by atoms with Crippen LogP contribution in [-0.4, -0.2) is 54.8 Å². The quantitative estimate of drug-likeness (QED) is 0.635. The molecule has 0 N–H and O–H groups in total. The predicted molar refractivity (Wildman–Crippen MR) is 110 cm³/mol. The summed E-state index contributed by atoms with van der Waals surface area (Å²) in [5.41, 5.74) is -0.465. The number of carbonyl (C=O) groups excluding carboxylic acids is 2. The molecule has 0 radical (unpaired) electrons. The van der Waals surface area contributed by atoms with E-state index in [-0.39, 0.29) is 12.0 Å². The Balaban J connectivity index is 1.54. The number of amides is 1. The maximum atomic E-state index is 12.8. The molecule has 1 saturated carbocycles. The highest BCUT2D eigenvalue weighted by Gasteiger charge is 2.40. The normalized spacial score (nSPS) is 21.3. The third kappa shape index (κ3) is 5.11. The average Bonchev–Trinajstić information content (AvgIpc) is 3.31. The van der Waals surface area contributed by atoms with Gasteiger partial charge in [-0.25, -0.2) is 4.79 Å². The van der Waals surface area contributed by atoms with Gasteiger partial charge in [-0.2, -0.15) is 5.26 Å². The molecule has 1 aliphatic carbocycles. The predicted octanol–water partition coefficient (Wildman–Crippen LogP) is 3.47. The summed E-state index contributed by atoms with van der Waals surface area (Å²) >= 11 is 0. The van der Waals surface area contributed by atoms with Gasteiger partial charge >= 0.3 is 5.97 Å². The molecule has 1 amide bonds. The lowest BCUT2D eigenvalue weighted by atomic mass is 9.81. The molecule has 1 aromatic rings. The topological polar surface area (TPSA) is 88.9 Å². The molecule has 1 aliphatic heterocycles. The first-order chi connectivity index (χ1) is 14.4. The summed E-state index contributed by atoms with van der Waals surface area (Å²) in [7, 11) is 1.63. The molecule has 2 aliphatic rings. The molecule has 0 bridgehead atoms. The highest BCUT2D eigenvalue weighted by molar-refractivity contribution is 5.92. The SMILES string of the molecule is C[C@H](OC(=O)c1ccc(OC[C@H]2CCCO2)cc1)C(=O)N(C)C1(C#N)CCCCC1. The molecule has 0 unspecified atom stereocenters. The van der Waals surface area contributed by atoms with Gasteiger partial charge in [-0.1, -0.05) is 19.3 Å². The van der Waals surface area contributed by atoms with Gasteiger partial charge in [-0.3, -0.25) is 4.79 Å². The van der Waals surface area contributed by atoms with Crippen LogP contribution in [0.25, 0.3) is 0 Å². The summed E-state index contributed by atoms with van der Waals surface area (Å²) in [4.78, 5) is 26.7. The zero-order valence-electron chi connectivity index (χ0n) is 17.8. The maximum absolute atomic E-state index is 12.8. The Morgan fingerprint density at radius 2 is 1.93 bits per heavy atom. The summed E-state index contributed by atoms with van der Waals surface area (Å²) < 4.78 is 16.6. The molecular formula is C23H30N2O5. The lowest BCUT2D eigenvalue weighted by Gasteiger charge is -2.39. The number of esters is 1. The molecule has 7 nitrogen and oxygen atoms in total. The Hall–Kier alpha value is -2.59. The van der Waals surface area contributed by atoms with E-state index in [2.05, 4.69) is 6.07 Å². The molecule has 0 aromatic heterocycles. The second kappa shape index (κ2) is 9.94. The van der Waals surface area contributed by atoms with Crippen LogP contribution in [-0.2, 0) is 14.3 Å². The number of nitriles is 1. The van der Waals surface area contributed by atoms with Crippen LogP contribution in [0.2, 0.25) is 0 Å². The van der Waals surface area contributed by atoms with E-state index < -0.39 is 17.6 Å². The number of likely N-dealkylation sites (N-methyl/N-ethyl adjacent to an activating group) is 1. The van der Waals surface area contributed by atoms with E-state index >= 15 is 0 Å². The number of rotatable bonds is 7. The van der Waals surface area contributed by atoms with Crippen LogP contribution in [0.1, 0.15) is 62.2 Å². The van der Waals surface area contributed by atoms with Gasteiger partial charge in [0.25, 0.3) is 5.91 Å². The molecule has 1 saturated heterocycles. The van der Waals surface area contributed by atoms with Crippen molar-refractivity contribution in [3.8, 4) is 11.8 Å². The fourth-order valence-electron chi connectivity index (χ4n) is 4.07. The lowest BCUT2D eigenvalue weighted by Crippen LogP contribution is -2.53. The minimum Gasteiger partial charge on any atom is -0.491 e. The summed E-state index contributed by atoms with van der Waals surface area (Å²) in [5, 5.41) is 9.67. The van der Waals surface area contributed by atoms with Crippen molar-refractivity contribution >= 4 is 11.9 Å². The number of hydrogen-bond donors (Lipinski definition) is 0. The molecule has 162 valence electrons. The molecule has 1 heterocycles. The summed E-state index contributed by atoms with van der Waals surface area (Å²) in [6, 6.07) is 8.96.